The average molecular weight is 332 g/mol. The highest BCUT2D eigenvalue weighted by Gasteiger charge is 2.04. The number of benzene rings is 1. The molecule has 0 saturated heterocycles. The fraction of sp³-hybridized carbons (Fsp3) is 0.312. The van der Waals surface area contributed by atoms with Gasteiger partial charge in [-0.3, -0.25) is 9.89 Å². The second-order valence-electron chi connectivity index (χ2n) is 5.12. The zero-order valence-electron chi connectivity index (χ0n) is 13.4. The van der Waals surface area contributed by atoms with E-state index in [-0.39, 0.29) is 5.91 Å². The van der Waals surface area contributed by atoms with Crippen molar-refractivity contribution >= 4 is 24.2 Å². The zero-order chi connectivity index (χ0) is 16.8. The second kappa shape index (κ2) is 7.73. The lowest BCUT2D eigenvalue weighted by atomic mass is 10.1. The van der Waals surface area contributed by atoms with Gasteiger partial charge in [-0.05, 0) is 37.4 Å². The number of hydrogen-bond donors (Lipinski definition) is 2. The number of nitrogens with zero attached hydrogens (tertiary/aromatic N) is 2. The van der Waals surface area contributed by atoms with Crippen LogP contribution in [0, 0.1) is 11.7 Å². The Balaban J connectivity index is 1.91. The van der Waals surface area contributed by atoms with Crippen molar-refractivity contribution in [1.82, 2.24) is 20.1 Å². The molecule has 1 amide bonds. The number of rotatable bonds is 6. The molecule has 0 atom stereocenters. The zero-order valence-corrected chi connectivity index (χ0v) is 14.2. The first-order valence-corrected chi connectivity index (χ1v) is 7.63. The number of methoxy groups -OCH3 is 1. The number of nitrogens with one attached hydrogen (secondary N) is 2. The molecule has 1 aromatic carbocycles. The minimum atomic E-state index is -0.162. The molecule has 122 valence electrons. The lowest BCUT2D eigenvalue weighted by molar-refractivity contribution is -0.116. The van der Waals surface area contributed by atoms with E-state index in [0.29, 0.717) is 17.7 Å². The Labute approximate surface area is 140 Å². The molecule has 0 spiro atoms. The van der Waals surface area contributed by atoms with Crippen molar-refractivity contribution in [1.29, 1.82) is 0 Å². The predicted octanol–water partition coefficient (Wildman–Crippen LogP) is 2.17. The highest BCUT2D eigenvalue weighted by Crippen LogP contribution is 2.20. The number of aromatic amines is 1. The molecule has 0 bridgehead atoms. The smallest absolute Gasteiger partial charge is 0.244 e. The normalized spacial score (nSPS) is 10.9. The third-order valence-corrected chi connectivity index (χ3v) is 3.78. The van der Waals surface area contributed by atoms with Crippen LogP contribution in [0.2, 0.25) is 0 Å². The van der Waals surface area contributed by atoms with Crippen LogP contribution in [-0.4, -0.2) is 34.3 Å². The number of aryl methyl sites for hydroxylation is 1. The van der Waals surface area contributed by atoms with Gasteiger partial charge < -0.3 is 14.6 Å². The van der Waals surface area contributed by atoms with Crippen LogP contribution >= 0.6 is 12.2 Å². The number of aromatic nitrogens is 3. The van der Waals surface area contributed by atoms with Crippen molar-refractivity contribution in [2.75, 3.05) is 13.7 Å². The number of amides is 1. The van der Waals surface area contributed by atoms with Crippen molar-refractivity contribution < 1.29 is 9.53 Å². The topological polar surface area (TPSA) is 71.9 Å². The quantitative estimate of drug-likeness (QED) is 0.628. The van der Waals surface area contributed by atoms with Gasteiger partial charge in [0, 0.05) is 31.7 Å². The van der Waals surface area contributed by atoms with E-state index in [1.54, 1.807) is 17.8 Å². The van der Waals surface area contributed by atoms with Gasteiger partial charge in [0.25, 0.3) is 0 Å². The fourth-order valence-electron chi connectivity index (χ4n) is 2.11. The van der Waals surface area contributed by atoms with Crippen molar-refractivity contribution in [2.45, 2.75) is 13.3 Å². The molecular weight excluding hydrogens is 312 g/mol. The summed E-state index contributed by atoms with van der Waals surface area (Å²) in [5.41, 5.74) is 1.98. The SMILES string of the molecule is COc1ccc(C)cc1/C=C/C(=O)NCCc1n[nH]c(=S)n1C. The molecule has 0 aliphatic carbocycles. The van der Waals surface area contributed by atoms with E-state index in [9.17, 15) is 4.79 Å². The van der Waals surface area contributed by atoms with Gasteiger partial charge in [-0.25, -0.2) is 0 Å². The van der Waals surface area contributed by atoms with E-state index in [2.05, 4.69) is 15.5 Å². The maximum Gasteiger partial charge on any atom is 0.244 e. The van der Waals surface area contributed by atoms with Crippen LogP contribution in [0.15, 0.2) is 24.3 Å². The van der Waals surface area contributed by atoms with Gasteiger partial charge in [0.1, 0.15) is 11.6 Å². The van der Waals surface area contributed by atoms with E-state index in [1.807, 2.05) is 32.2 Å². The van der Waals surface area contributed by atoms with Crippen LogP contribution in [0.1, 0.15) is 17.0 Å². The Hall–Kier alpha value is -2.41. The van der Waals surface area contributed by atoms with Crippen LogP contribution in [0.3, 0.4) is 0 Å². The van der Waals surface area contributed by atoms with E-state index in [0.717, 1.165) is 22.7 Å². The van der Waals surface area contributed by atoms with Crippen LogP contribution in [0.4, 0.5) is 0 Å². The molecule has 0 aliphatic rings. The van der Waals surface area contributed by atoms with E-state index < -0.39 is 0 Å². The van der Waals surface area contributed by atoms with Crippen LogP contribution < -0.4 is 10.1 Å². The van der Waals surface area contributed by atoms with E-state index in [1.165, 1.54) is 6.08 Å². The summed E-state index contributed by atoms with van der Waals surface area (Å²) in [6, 6.07) is 5.82. The molecule has 0 fully saturated rings. The summed E-state index contributed by atoms with van der Waals surface area (Å²) in [5.74, 6) is 1.38. The monoisotopic (exact) mass is 332 g/mol. The molecule has 7 heteroatoms. The highest BCUT2D eigenvalue weighted by atomic mass is 32.1. The number of carbonyl (C=O) groups is 1. The minimum Gasteiger partial charge on any atom is -0.496 e. The van der Waals surface area contributed by atoms with Gasteiger partial charge in [-0.1, -0.05) is 11.6 Å². The molecular formula is C16H20N4O2S. The maximum absolute atomic E-state index is 11.9. The molecule has 2 aromatic rings. The lowest BCUT2D eigenvalue weighted by Crippen LogP contribution is -2.24. The van der Waals surface area contributed by atoms with Gasteiger partial charge in [0.05, 0.1) is 7.11 Å². The molecule has 0 unspecified atom stereocenters. The lowest BCUT2D eigenvalue weighted by Gasteiger charge is -2.06. The number of hydrogen-bond acceptors (Lipinski definition) is 4. The summed E-state index contributed by atoms with van der Waals surface area (Å²) in [6.45, 7) is 2.48. The standard InChI is InChI=1S/C16H20N4O2S/c1-11-4-6-13(22-3)12(10-11)5-7-15(21)17-9-8-14-18-19-16(23)20(14)2/h4-7,10H,8-9H2,1-3H3,(H,17,21)(H,19,23)/b7-5+. The Kier molecular flexibility index (Phi) is 5.70. The maximum atomic E-state index is 11.9. The highest BCUT2D eigenvalue weighted by molar-refractivity contribution is 7.71. The summed E-state index contributed by atoms with van der Waals surface area (Å²) >= 11 is 5.04. The molecule has 2 rings (SSSR count). The minimum absolute atomic E-state index is 0.162. The Morgan fingerprint density at radius 2 is 2.30 bits per heavy atom. The van der Waals surface area contributed by atoms with E-state index >= 15 is 0 Å². The average Bonchev–Trinajstić information content (AvgIpc) is 2.85. The molecule has 1 heterocycles. The van der Waals surface area contributed by atoms with Crippen molar-refractivity contribution in [3.05, 3.63) is 46.0 Å². The van der Waals surface area contributed by atoms with Gasteiger partial charge >= 0.3 is 0 Å². The van der Waals surface area contributed by atoms with Gasteiger partial charge in [0.15, 0.2) is 4.77 Å². The molecule has 2 N–H and O–H groups in total. The molecule has 1 aromatic heterocycles. The Morgan fingerprint density at radius 3 is 2.96 bits per heavy atom. The molecule has 0 aliphatic heterocycles. The summed E-state index contributed by atoms with van der Waals surface area (Å²) in [7, 11) is 3.45. The molecule has 0 radical (unpaired) electrons. The van der Waals surface area contributed by atoms with Crippen molar-refractivity contribution in [3.63, 3.8) is 0 Å². The first-order valence-electron chi connectivity index (χ1n) is 7.22. The predicted molar refractivity (Wildman–Crippen MR) is 91.9 cm³/mol. The molecule has 23 heavy (non-hydrogen) atoms. The van der Waals surface area contributed by atoms with Gasteiger partial charge in [-0.2, -0.15) is 5.10 Å². The number of H-pyrrole nitrogens is 1. The Bertz CT molecular complexity index is 777. The summed E-state index contributed by atoms with van der Waals surface area (Å²) in [5, 5.41) is 9.64. The molecule has 6 nitrogen and oxygen atoms in total. The van der Waals surface area contributed by atoms with Crippen molar-refractivity contribution in [2.24, 2.45) is 7.05 Å². The first kappa shape index (κ1) is 17.0. The number of carbonyl (C=O) groups excluding carboxylic acids is 1. The van der Waals surface area contributed by atoms with E-state index in [4.69, 9.17) is 17.0 Å². The van der Waals surface area contributed by atoms with Crippen LogP contribution in [0.5, 0.6) is 5.75 Å². The van der Waals surface area contributed by atoms with Crippen LogP contribution in [-0.2, 0) is 18.3 Å². The summed E-state index contributed by atoms with van der Waals surface area (Å²) in [4.78, 5) is 11.9. The van der Waals surface area contributed by atoms with Gasteiger partial charge in [0.2, 0.25) is 5.91 Å². The van der Waals surface area contributed by atoms with Gasteiger partial charge in [-0.15, -0.1) is 0 Å². The fourth-order valence-corrected chi connectivity index (χ4v) is 2.26. The third-order valence-electron chi connectivity index (χ3n) is 3.42. The van der Waals surface area contributed by atoms with Crippen molar-refractivity contribution in [3.8, 4) is 5.75 Å². The van der Waals surface area contributed by atoms with Crippen LogP contribution in [0.25, 0.3) is 6.08 Å². The first-order chi connectivity index (χ1) is 11.0. The molecule has 0 saturated carbocycles. The third kappa shape index (κ3) is 4.53. The number of ether oxygens (including phenoxy) is 1. The second-order valence-corrected chi connectivity index (χ2v) is 5.51. The summed E-state index contributed by atoms with van der Waals surface area (Å²) in [6.07, 6.45) is 3.86. The summed E-state index contributed by atoms with van der Waals surface area (Å²) < 4.78 is 7.63. The Morgan fingerprint density at radius 1 is 1.52 bits per heavy atom. The largest absolute Gasteiger partial charge is 0.496 e.